The maximum atomic E-state index is 13.9. The van der Waals surface area contributed by atoms with Gasteiger partial charge in [-0.3, -0.25) is 4.79 Å². The van der Waals surface area contributed by atoms with Crippen molar-refractivity contribution >= 4 is 5.97 Å². The molecule has 178 valence electrons. The van der Waals surface area contributed by atoms with E-state index in [2.05, 4.69) is 6.58 Å². The van der Waals surface area contributed by atoms with Crippen molar-refractivity contribution in [3.8, 4) is 11.8 Å². The van der Waals surface area contributed by atoms with E-state index in [1.54, 1.807) is 0 Å². The second-order valence-electron chi connectivity index (χ2n) is 10.5. The number of nitrogens with zero attached hydrogens (tertiary/aromatic N) is 1. The zero-order valence-electron chi connectivity index (χ0n) is 19.4. The third-order valence-electron chi connectivity index (χ3n) is 8.67. The number of nitriles is 1. The Kier molecular flexibility index (Phi) is 7.83. The van der Waals surface area contributed by atoms with Crippen molar-refractivity contribution in [2.45, 2.75) is 77.0 Å². The largest absolute Gasteiger partial charge is 0.426 e. The van der Waals surface area contributed by atoms with Gasteiger partial charge in [0, 0.05) is 12.1 Å². The van der Waals surface area contributed by atoms with Gasteiger partial charge in [-0.15, -0.1) is 6.58 Å². The summed E-state index contributed by atoms with van der Waals surface area (Å²) < 4.78 is 33.3. The molecule has 0 saturated heterocycles. The molecule has 1 aromatic rings. The molecule has 3 fully saturated rings. The molecule has 3 aliphatic rings. The molecule has 4 atom stereocenters. The summed E-state index contributed by atoms with van der Waals surface area (Å²) >= 11 is 0. The first-order valence-corrected chi connectivity index (χ1v) is 12.7. The molecule has 0 aliphatic heterocycles. The van der Waals surface area contributed by atoms with Crippen LogP contribution in [0.5, 0.6) is 5.75 Å². The number of hydrogen-bond donors (Lipinski definition) is 0. The number of halogens is 2. The fraction of sp³-hybridized carbons (Fsp3) is 0.643. The van der Waals surface area contributed by atoms with Gasteiger partial charge in [-0.1, -0.05) is 31.8 Å². The Hall–Kier alpha value is -2.22. The monoisotopic (exact) mass is 455 g/mol. The molecule has 0 heterocycles. The molecule has 5 heteroatoms. The Morgan fingerprint density at radius 2 is 1.73 bits per heavy atom. The lowest BCUT2D eigenvalue weighted by Gasteiger charge is -2.46. The molecule has 4 unspecified atom stereocenters. The molecular formula is C28H35F2NO2. The number of rotatable bonds is 6. The normalized spacial score (nSPS) is 31.8. The van der Waals surface area contributed by atoms with Gasteiger partial charge in [-0.25, -0.2) is 8.78 Å². The van der Waals surface area contributed by atoms with Gasteiger partial charge in [-0.05, 0) is 81.0 Å². The van der Waals surface area contributed by atoms with E-state index < -0.39 is 17.2 Å². The van der Waals surface area contributed by atoms with Gasteiger partial charge in [0.25, 0.3) is 0 Å². The molecule has 0 N–H and O–H groups in total. The topological polar surface area (TPSA) is 50.1 Å². The van der Waals surface area contributed by atoms with E-state index in [9.17, 15) is 13.6 Å². The van der Waals surface area contributed by atoms with Gasteiger partial charge in [-0.2, -0.15) is 5.26 Å². The highest BCUT2D eigenvalue weighted by molar-refractivity contribution is 5.75. The van der Waals surface area contributed by atoms with E-state index in [-0.39, 0.29) is 17.6 Å². The summed E-state index contributed by atoms with van der Waals surface area (Å²) in [5, 5.41) is 8.83. The van der Waals surface area contributed by atoms with Crippen molar-refractivity contribution in [3.63, 3.8) is 0 Å². The van der Waals surface area contributed by atoms with Crippen LogP contribution in [0.2, 0.25) is 0 Å². The summed E-state index contributed by atoms with van der Waals surface area (Å²) in [6.07, 6.45) is 16.2. The highest BCUT2D eigenvalue weighted by Crippen LogP contribution is 2.50. The zero-order valence-corrected chi connectivity index (χ0v) is 19.4. The number of carbonyl (C=O) groups excluding carboxylic acids is 1. The minimum absolute atomic E-state index is 0.155. The van der Waals surface area contributed by atoms with Crippen LogP contribution < -0.4 is 4.74 Å². The lowest BCUT2D eigenvalue weighted by Crippen LogP contribution is -2.40. The first kappa shape index (κ1) is 23.9. The Bertz CT molecular complexity index is 877. The van der Waals surface area contributed by atoms with Crippen molar-refractivity contribution in [3.05, 3.63) is 42.0 Å². The minimum atomic E-state index is -0.999. The molecule has 4 rings (SSSR count). The number of benzene rings is 1. The fourth-order valence-electron chi connectivity index (χ4n) is 6.93. The Morgan fingerprint density at radius 1 is 1.03 bits per heavy atom. The fourth-order valence-corrected chi connectivity index (χ4v) is 6.93. The van der Waals surface area contributed by atoms with E-state index in [1.807, 2.05) is 6.08 Å². The summed E-state index contributed by atoms with van der Waals surface area (Å²) in [6.45, 7) is 3.85. The smallest absolute Gasteiger partial charge is 0.314 e. The van der Waals surface area contributed by atoms with E-state index in [1.165, 1.54) is 57.4 Å². The second-order valence-corrected chi connectivity index (χ2v) is 10.5. The summed E-state index contributed by atoms with van der Waals surface area (Å²) in [6, 6.07) is 3.36. The first-order valence-electron chi connectivity index (χ1n) is 12.7. The molecule has 0 aromatic heterocycles. The molecule has 3 aliphatic carbocycles. The number of esters is 1. The standard InChI is InChI=1S/C28H35F2NO2/c1-2-3-5-18-8-10-19(11-9-18)20-12-13-23-21(14-20)6-4-7-24(23)28(32)33-22-15-26(29)25(17-31)27(30)16-22/h2,15-16,18-21,23-24H,1,3-14H2. The maximum absolute atomic E-state index is 13.9. The zero-order chi connectivity index (χ0) is 23.4. The molecule has 33 heavy (non-hydrogen) atoms. The van der Waals surface area contributed by atoms with Gasteiger partial charge in [0.2, 0.25) is 0 Å². The van der Waals surface area contributed by atoms with Crippen LogP contribution in [0.15, 0.2) is 24.8 Å². The number of fused-ring (bicyclic) bond motifs is 1. The van der Waals surface area contributed by atoms with Crippen LogP contribution in [0, 0.1) is 58.5 Å². The van der Waals surface area contributed by atoms with E-state index >= 15 is 0 Å². The van der Waals surface area contributed by atoms with Gasteiger partial charge in [0.1, 0.15) is 29.0 Å². The van der Waals surface area contributed by atoms with Gasteiger partial charge < -0.3 is 4.74 Å². The molecule has 3 saturated carbocycles. The van der Waals surface area contributed by atoms with E-state index in [0.717, 1.165) is 55.6 Å². The quantitative estimate of drug-likeness (QED) is 0.256. The predicted molar refractivity (Wildman–Crippen MR) is 123 cm³/mol. The number of allylic oxidation sites excluding steroid dienone is 1. The van der Waals surface area contributed by atoms with Crippen LogP contribution in [0.1, 0.15) is 82.6 Å². The Labute approximate surface area is 196 Å². The predicted octanol–water partition coefficient (Wildman–Crippen LogP) is 7.35. The van der Waals surface area contributed by atoms with Crippen LogP contribution in [0.25, 0.3) is 0 Å². The van der Waals surface area contributed by atoms with E-state index in [0.29, 0.717) is 11.8 Å². The average molecular weight is 456 g/mol. The summed E-state index contributed by atoms with van der Waals surface area (Å²) in [5.41, 5.74) is -0.652. The van der Waals surface area contributed by atoms with Gasteiger partial charge in [0.15, 0.2) is 0 Å². The van der Waals surface area contributed by atoms with Crippen LogP contribution in [0.4, 0.5) is 8.78 Å². The first-order chi connectivity index (χ1) is 16.0. The van der Waals surface area contributed by atoms with Crippen molar-refractivity contribution in [1.29, 1.82) is 5.26 Å². The molecule has 3 nitrogen and oxygen atoms in total. The van der Waals surface area contributed by atoms with Crippen LogP contribution in [-0.2, 0) is 4.79 Å². The highest BCUT2D eigenvalue weighted by atomic mass is 19.1. The summed E-state index contributed by atoms with van der Waals surface area (Å²) in [7, 11) is 0. The van der Waals surface area contributed by atoms with Crippen molar-refractivity contribution in [2.75, 3.05) is 0 Å². The SMILES string of the molecule is C=CCCC1CCC(C2CCC3C(CCCC3C(=O)Oc3cc(F)c(C#N)c(F)c3)C2)CC1. The van der Waals surface area contributed by atoms with Crippen molar-refractivity contribution in [1.82, 2.24) is 0 Å². The molecule has 0 radical (unpaired) electrons. The molecule has 1 aromatic carbocycles. The van der Waals surface area contributed by atoms with Crippen molar-refractivity contribution < 1.29 is 18.3 Å². The number of hydrogen-bond acceptors (Lipinski definition) is 3. The molecule has 0 amide bonds. The Balaban J connectivity index is 1.34. The Morgan fingerprint density at radius 3 is 2.39 bits per heavy atom. The van der Waals surface area contributed by atoms with Gasteiger partial charge in [0.05, 0.1) is 5.92 Å². The third kappa shape index (κ3) is 5.48. The summed E-state index contributed by atoms with van der Waals surface area (Å²) in [4.78, 5) is 13.0. The minimum Gasteiger partial charge on any atom is -0.426 e. The highest BCUT2D eigenvalue weighted by Gasteiger charge is 2.43. The van der Waals surface area contributed by atoms with Crippen LogP contribution in [0.3, 0.4) is 0 Å². The van der Waals surface area contributed by atoms with E-state index in [4.69, 9.17) is 10.00 Å². The van der Waals surface area contributed by atoms with Gasteiger partial charge >= 0.3 is 5.97 Å². The molecular weight excluding hydrogens is 420 g/mol. The van der Waals surface area contributed by atoms with Crippen LogP contribution >= 0.6 is 0 Å². The number of carbonyl (C=O) groups is 1. The van der Waals surface area contributed by atoms with Crippen LogP contribution in [-0.4, -0.2) is 5.97 Å². The lowest BCUT2D eigenvalue weighted by molar-refractivity contribution is -0.144. The summed E-state index contributed by atoms with van der Waals surface area (Å²) in [5.74, 6) is 0.561. The lowest BCUT2D eigenvalue weighted by atomic mass is 9.59. The third-order valence-corrected chi connectivity index (χ3v) is 8.67. The van der Waals surface area contributed by atoms with Crippen molar-refractivity contribution in [2.24, 2.45) is 35.5 Å². The molecule has 0 bridgehead atoms. The number of ether oxygens (including phenoxy) is 1. The maximum Gasteiger partial charge on any atom is 0.314 e. The second kappa shape index (κ2) is 10.8. The molecule has 0 spiro atoms. The average Bonchev–Trinajstić information content (AvgIpc) is 2.82.